The molecule has 0 unspecified atom stereocenters. The molecule has 2 heterocycles. The summed E-state index contributed by atoms with van der Waals surface area (Å²) in [6, 6.07) is 17.9. The van der Waals surface area contributed by atoms with Gasteiger partial charge in [-0.2, -0.15) is 0 Å². The lowest BCUT2D eigenvalue weighted by atomic mass is 10.1. The first-order valence-electron chi connectivity index (χ1n) is 10.8. The Morgan fingerprint density at radius 2 is 1.52 bits per heavy atom. The number of benzene rings is 2. The van der Waals surface area contributed by atoms with Crippen molar-refractivity contribution >= 4 is 15.7 Å². The Balaban J connectivity index is 1.42. The van der Waals surface area contributed by atoms with Gasteiger partial charge in [0, 0.05) is 38.4 Å². The molecule has 3 aromatic rings. The molecule has 0 saturated carbocycles. The lowest BCUT2D eigenvalue weighted by Gasteiger charge is -2.39. The number of hydrogen-bond donors (Lipinski definition) is 1. The summed E-state index contributed by atoms with van der Waals surface area (Å²) in [6.45, 7) is 3.43. The highest BCUT2D eigenvalue weighted by Crippen LogP contribution is 2.26. The van der Waals surface area contributed by atoms with Gasteiger partial charge in [0.15, 0.2) is 0 Å². The van der Waals surface area contributed by atoms with Crippen molar-refractivity contribution in [3.63, 3.8) is 0 Å². The van der Waals surface area contributed by atoms with Crippen LogP contribution in [0.2, 0.25) is 0 Å². The van der Waals surface area contributed by atoms with E-state index < -0.39 is 10.0 Å². The second-order valence-electron chi connectivity index (χ2n) is 7.78. The molecule has 0 radical (unpaired) electrons. The maximum atomic E-state index is 12.9. The maximum absolute atomic E-state index is 12.9. The summed E-state index contributed by atoms with van der Waals surface area (Å²) >= 11 is 0. The van der Waals surface area contributed by atoms with Gasteiger partial charge in [-0.05, 0) is 60.7 Å². The van der Waals surface area contributed by atoms with E-state index in [0.717, 1.165) is 43.4 Å². The summed E-state index contributed by atoms with van der Waals surface area (Å²) in [4.78, 5) is 4.78. The first-order valence-corrected chi connectivity index (χ1v) is 12.3. The topological polar surface area (TPSA) is 84.2 Å². The standard InChI is InChI=1S/C24H29N3O5S/c1-30-20-7-5-19(6-8-20)26-13-15-27(16-14-26)23(24-4-3-17-32-24)18-25-33(28,29)22-11-9-21(31-2)10-12-22/h3-12,17,23,25H,13-16,18H2,1-2H3/t23-/m0/s1. The van der Waals surface area contributed by atoms with Gasteiger partial charge < -0.3 is 18.8 Å². The SMILES string of the molecule is COc1ccc(N2CCN([C@@H](CNS(=O)(=O)c3ccc(OC)cc3)c3ccco3)CC2)cc1. The summed E-state index contributed by atoms with van der Waals surface area (Å²) < 4.78 is 44.5. The fraction of sp³-hybridized carbons (Fsp3) is 0.333. The van der Waals surface area contributed by atoms with Crippen LogP contribution >= 0.6 is 0 Å². The molecule has 1 aliphatic heterocycles. The normalized spacial score (nSPS) is 15.9. The third kappa shape index (κ3) is 5.50. The Morgan fingerprint density at radius 3 is 2.06 bits per heavy atom. The highest BCUT2D eigenvalue weighted by Gasteiger charge is 2.28. The Bertz CT molecular complexity index is 1110. The molecule has 1 aromatic heterocycles. The Hall–Kier alpha value is -3.01. The van der Waals surface area contributed by atoms with Crippen molar-refractivity contribution in [3.05, 3.63) is 72.7 Å². The number of rotatable bonds is 9. The summed E-state index contributed by atoms with van der Waals surface area (Å²) in [6.07, 6.45) is 1.62. The maximum Gasteiger partial charge on any atom is 0.240 e. The zero-order valence-electron chi connectivity index (χ0n) is 18.8. The van der Waals surface area contributed by atoms with Gasteiger partial charge in [-0.25, -0.2) is 13.1 Å². The van der Waals surface area contributed by atoms with Gasteiger partial charge in [-0.15, -0.1) is 0 Å². The number of nitrogens with zero attached hydrogens (tertiary/aromatic N) is 2. The summed E-state index contributed by atoms with van der Waals surface area (Å²) in [5, 5.41) is 0. The van der Waals surface area contributed by atoms with Crippen LogP contribution in [0.1, 0.15) is 11.8 Å². The van der Waals surface area contributed by atoms with Crippen molar-refractivity contribution in [1.29, 1.82) is 0 Å². The van der Waals surface area contributed by atoms with Crippen LogP contribution in [0.5, 0.6) is 11.5 Å². The second-order valence-corrected chi connectivity index (χ2v) is 9.55. The monoisotopic (exact) mass is 471 g/mol. The molecule has 0 spiro atoms. The highest BCUT2D eigenvalue weighted by molar-refractivity contribution is 7.89. The Labute approximate surface area is 194 Å². The third-order valence-corrected chi connectivity index (χ3v) is 7.34. The van der Waals surface area contributed by atoms with Gasteiger partial charge in [0.2, 0.25) is 10.0 Å². The molecule has 2 aromatic carbocycles. The molecule has 9 heteroatoms. The number of sulfonamides is 1. The van der Waals surface area contributed by atoms with Gasteiger partial charge in [0.1, 0.15) is 17.3 Å². The van der Waals surface area contributed by atoms with Crippen molar-refractivity contribution in [2.45, 2.75) is 10.9 Å². The van der Waals surface area contributed by atoms with Gasteiger partial charge in [-0.3, -0.25) is 4.90 Å². The minimum absolute atomic E-state index is 0.200. The van der Waals surface area contributed by atoms with E-state index in [-0.39, 0.29) is 17.5 Å². The van der Waals surface area contributed by atoms with E-state index in [1.165, 1.54) is 12.1 Å². The van der Waals surface area contributed by atoms with E-state index in [1.54, 1.807) is 32.6 Å². The smallest absolute Gasteiger partial charge is 0.240 e. The van der Waals surface area contributed by atoms with Crippen molar-refractivity contribution < 1.29 is 22.3 Å². The predicted molar refractivity (Wildman–Crippen MR) is 126 cm³/mol. The lowest BCUT2D eigenvalue weighted by molar-refractivity contribution is 0.166. The van der Waals surface area contributed by atoms with Crippen LogP contribution in [0.3, 0.4) is 0 Å². The molecule has 8 nitrogen and oxygen atoms in total. The van der Waals surface area contributed by atoms with Crippen molar-refractivity contribution in [1.82, 2.24) is 9.62 Å². The predicted octanol–water partition coefficient (Wildman–Crippen LogP) is 3.14. The van der Waals surface area contributed by atoms with E-state index in [2.05, 4.69) is 26.7 Å². The van der Waals surface area contributed by atoms with Gasteiger partial charge in [-0.1, -0.05) is 0 Å². The molecule has 176 valence electrons. The van der Waals surface area contributed by atoms with Crippen LogP contribution in [0.15, 0.2) is 76.2 Å². The number of furan rings is 1. The molecular formula is C24H29N3O5S. The van der Waals surface area contributed by atoms with E-state index in [0.29, 0.717) is 5.75 Å². The molecule has 33 heavy (non-hydrogen) atoms. The molecule has 0 bridgehead atoms. The molecule has 1 N–H and O–H groups in total. The molecule has 1 fully saturated rings. The minimum Gasteiger partial charge on any atom is -0.497 e. The highest BCUT2D eigenvalue weighted by atomic mass is 32.2. The molecule has 1 aliphatic rings. The zero-order chi connectivity index (χ0) is 23.3. The minimum atomic E-state index is -3.67. The summed E-state index contributed by atoms with van der Waals surface area (Å²) in [5.41, 5.74) is 1.14. The molecule has 1 saturated heterocycles. The number of ether oxygens (including phenoxy) is 2. The van der Waals surface area contributed by atoms with Gasteiger partial charge in [0.25, 0.3) is 0 Å². The number of piperazine rings is 1. The Kier molecular flexibility index (Phi) is 7.22. The van der Waals surface area contributed by atoms with E-state index in [4.69, 9.17) is 13.9 Å². The largest absolute Gasteiger partial charge is 0.497 e. The van der Waals surface area contributed by atoms with Crippen LogP contribution < -0.4 is 19.1 Å². The fourth-order valence-corrected chi connectivity index (χ4v) is 5.04. The average Bonchev–Trinajstić information content (AvgIpc) is 3.39. The van der Waals surface area contributed by atoms with Gasteiger partial charge >= 0.3 is 0 Å². The zero-order valence-corrected chi connectivity index (χ0v) is 19.6. The van der Waals surface area contributed by atoms with Crippen LogP contribution in [0.25, 0.3) is 0 Å². The number of nitrogens with one attached hydrogen (secondary N) is 1. The molecule has 0 amide bonds. The molecule has 4 rings (SSSR count). The quantitative estimate of drug-likeness (QED) is 0.513. The molecule has 1 atom stereocenters. The van der Waals surface area contributed by atoms with Crippen LogP contribution in [0.4, 0.5) is 5.69 Å². The molecule has 0 aliphatic carbocycles. The lowest BCUT2D eigenvalue weighted by Crippen LogP contribution is -2.49. The Morgan fingerprint density at radius 1 is 0.909 bits per heavy atom. The average molecular weight is 472 g/mol. The van der Waals surface area contributed by atoms with E-state index in [9.17, 15) is 8.42 Å². The summed E-state index contributed by atoms with van der Waals surface area (Å²) in [5.74, 6) is 2.18. The number of anilines is 1. The third-order valence-electron chi connectivity index (χ3n) is 5.90. The number of hydrogen-bond acceptors (Lipinski definition) is 7. The van der Waals surface area contributed by atoms with Crippen molar-refractivity contribution in [2.75, 3.05) is 51.8 Å². The van der Waals surface area contributed by atoms with Crippen LogP contribution in [-0.2, 0) is 10.0 Å². The van der Waals surface area contributed by atoms with Crippen LogP contribution in [-0.4, -0.2) is 60.3 Å². The number of methoxy groups -OCH3 is 2. The second kappa shape index (κ2) is 10.3. The first-order chi connectivity index (χ1) is 16.0. The van der Waals surface area contributed by atoms with Crippen LogP contribution in [0, 0.1) is 0 Å². The van der Waals surface area contributed by atoms with E-state index in [1.807, 2.05) is 24.3 Å². The van der Waals surface area contributed by atoms with Crippen molar-refractivity contribution in [3.8, 4) is 11.5 Å². The fourth-order valence-electron chi connectivity index (χ4n) is 4.00. The molecular weight excluding hydrogens is 442 g/mol. The van der Waals surface area contributed by atoms with Gasteiger partial charge in [0.05, 0.1) is 31.4 Å². The summed E-state index contributed by atoms with van der Waals surface area (Å²) in [7, 11) is -0.463. The first kappa shape index (κ1) is 23.2. The van der Waals surface area contributed by atoms with E-state index >= 15 is 0 Å². The van der Waals surface area contributed by atoms with Crippen molar-refractivity contribution in [2.24, 2.45) is 0 Å².